The van der Waals surface area contributed by atoms with Crippen LogP contribution in [0.1, 0.15) is 49.4 Å². The second-order valence-electron chi connectivity index (χ2n) is 6.64. The summed E-state index contributed by atoms with van der Waals surface area (Å²) in [4.78, 5) is 24.1. The fourth-order valence-electron chi connectivity index (χ4n) is 3.16. The number of amides is 2. The Balaban J connectivity index is 0.00000364. The zero-order chi connectivity index (χ0) is 18.6. The monoisotopic (exact) mass is 397 g/mol. The first-order valence-corrected chi connectivity index (χ1v) is 9.68. The van der Waals surface area contributed by atoms with Crippen molar-refractivity contribution in [3.05, 3.63) is 29.8 Å². The van der Waals surface area contributed by atoms with E-state index < -0.39 is 0 Å². The molecule has 1 heterocycles. The van der Waals surface area contributed by atoms with Gasteiger partial charge in [0.2, 0.25) is 5.91 Å². The minimum atomic E-state index is -0.167. The molecule has 27 heavy (non-hydrogen) atoms. The molecule has 152 valence electrons. The summed E-state index contributed by atoms with van der Waals surface area (Å²) in [5.74, 6) is 1.15. The predicted octanol–water partition coefficient (Wildman–Crippen LogP) is 2.52. The molecule has 0 spiro atoms. The Morgan fingerprint density at radius 3 is 2.78 bits per heavy atom. The van der Waals surface area contributed by atoms with Gasteiger partial charge in [0, 0.05) is 19.5 Å². The van der Waals surface area contributed by atoms with Crippen molar-refractivity contribution in [2.75, 3.05) is 32.8 Å². The molecule has 2 rings (SSSR count). The highest BCUT2D eigenvalue weighted by Crippen LogP contribution is 2.17. The molecule has 1 aromatic carbocycles. The van der Waals surface area contributed by atoms with E-state index in [-0.39, 0.29) is 24.2 Å². The van der Waals surface area contributed by atoms with Crippen LogP contribution < -0.4 is 20.7 Å². The summed E-state index contributed by atoms with van der Waals surface area (Å²) >= 11 is 0. The first-order chi connectivity index (χ1) is 12.7. The van der Waals surface area contributed by atoms with Gasteiger partial charge >= 0.3 is 0 Å². The largest absolute Gasteiger partial charge is 0.493 e. The van der Waals surface area contributed by atoms with Crippen LogP contribution in [0.2, 0.25) is 0 Å². The number of benzene rings is 1. The van der Waals surface area contributed by atoms with E-state index in [2.05, 4.69) is 16.0 Å². The third-order valence-corrected chi connectivity index (χ3v) is 4.57. The lowest BCUT2D eigenvalue weighted by atomic mass is 9.96. The molecule has 1 atom stereocenters. The number of hydrogen-bond donors (Lipinski definition) is 3. The van der Waals surface area contributed by atoms with Crippen molar-refractivity contribution in [1.29, 1.82) is 0 Å². The average molecular weight is 398 g/mol. The van der Waals surface area contributed by atoms with Crippen molar-refractivity contribution in [3.63, 3.8) is 0 Å². The molecular weight excluding hydrogens is 366 g/mol. The minimum absolute atomic E-state index is 0. The van der Waals surface area contributed by atoms with Gasteiger partial charge in [0.15, 0.2) is 0 Å². The molecule has 1 unspecified atom stereocenters. The third kappa shape index (κ3) is 8.63. The van der Waals surface area contributed by atoms with Crippen LogP contribution in [0, 0.1) is 5.92 Å². The summed E-state index contributed by atoms with van der Waals surface area (Å²) in [6.07, 6.45) is 4.56. The molecule has 0 radical (unpaired) electrons. The standard InChI is InChI=1S/C20H31N3O3.ClH/c1-2-26-18-9-4-3-8-17(18)20(25)23-13-6-10-19(24)22-14-11-16-7-5-12-21-15-16;/h3-4,8-9,16,21H,2,5-7,10-15H2,1H3,(H,22,24)(H,23,25);1H. The van der Waals surface area contributed by atoms with Crippen molar-refractivity contribution in [3.8, 4) is 5.75 Å². The van der Waals surface area contributed by atoms with E-state index in [1.807, 2.05) is 19.1 Å². The number of hydrogen-bond acceptors (Lipinski definition) is 4. The van der Waals surface area contributed by atoms with Crippen molar-refractivity contribution in [2.45, 2.75) is 39.0 Å². The number of nitrogens with one attached hydrogen (secondary N) is 3. The number of rotatable bonds is 10. The van der Waals surface area contributed by atoms with E-state index >= 15 is 0 Å². The first kappa shape index (κ1) is 23.2. The van der Waals surface area contributed by atoms with Crippen molar-refractivity contribution in [1.82, 2.24) is 16.0 Å². The van der Waals surface area contributed by atoms with Crippen LogP contribution in [0.25, 0.3) is 0 Å². The van der Waals surface area contributed by atoms with E-state index in [9.17, 15) is 9.59 Å². The molecule has 1 saturated heterocycles. The number of para-hydroxylation sites is 1. The van der Waals surface area contributed by atoms with Gasteiger partial charge < -0.3 is 20.7 Å². The predicted molar refractivity (Wildman–Crippen MR) is 110 cm³/mol. The highest BCUT2D eigenvalue weighted by molar-refractivity contribution is 5.96. The van der Waals surface area contributed by atoms with Crippen LogP contribution >= 0.6 is 12.4 Å². The van der Waals surface area contributed by atoms with Gasteiger partial charge in [-0.05, 0) is 63.7 Å². The molecule has 0 saturated carbocycles. The molecule has 0 aliphatic carbocycles. The molecular formula is C20H32ClN3O3. The summed E-state index contributed by atoms with van der Waals surface area (Å²) in [7, 11) is 0. The van der Waals surface area contributed by atoms with E-state index in [4.69, 9.17) is 4.74 Å². The smallest absolute Gasteiger partial charge is 0.255 e. The van der Waals surface area contributed by atoms with Gasteiger partial charge in [-0.1, -0.05) is 12.1 Å². The van der Waals surface area contributed by atoms with E-state index in [0.717, 1.165) is 26.1 Å². The molecule has 6 nitrogen and oxygen atoms in total. The van der Waals surface area contributed by atoms with Crippen molar-refractivity contribution >= 4 is 24.2 Å². The minimum Gasteiger partial charge on any atom is -0.493 e. The molecule has 0 aromatic heterocycles. The van der Waals surface area contributed by atoms with Gasteiger partial charge in [-0.15, -0.1) is 12.4 Å². The topological polar surface area (TPSA) is 79.5 Å². The summed E-state index contributed by atoms with van der Waals surface area (Å²) in [5, 5.41) is 9.22. The van der Waals surface area contributed by atoms with E-state index in [1.54, 1.807) is 12.1 Å². The molecule has 1 aromatic rings. The first-order valence-electron chi connectivity index (χ1n) is 9.68. The number of carbonyl (C=O) groups excluding carboxylic acids is 2. The van der Waals surface area contributed by atoms with Gasteiger partial charge in [0.25, 0.3) is 5.91 Å². The number of halogens is 1. The van der Waals surface area contributed by atoms with Crippen LogP contribution in [0.4, 0.5) is 0 Å². The van der Waals surface area contributed by atoms with E-state index in [1.165, 1.54) is 12.8 Å². The van der Waals surface area contributed by atoms with Gasteiger partial charge in [-0.25, -0.2) is 0 Å². The lowest BCUT2D eigenvalue weighted by Crippen LogP contribution is -2.33. The van der Waals surface area contributed by atoms with Gasteiger partial charge in [-0.2, -0.15) is 0 Å². The molecule has 3 N–H and O–H groups in total. The Morgan fingerprint density at radius 2 is 2.04 bits per heavy atom. The second-order valence-corrected chi connectivity index (χ2v) is 6.64. The van der Waals surface area contributed by atoms with Gasteiger partial charge in [0.05, 0.1) is 12.2 Å². The van der Waals surface area contributed by atoms with Crippen molar-refractivity contribution in [2.24, 2.45) is 5.92 Å². The van der Waals surface area contributed by atoms with Crippen molar-refractivity contribution < 1.29 is 14.3 Å². The normalized spacial score (nSPS) is 16.1. The maximum absolute atomic E-state index is 12.2. The lowest BCUT2D eigenvalue weighted by molar-refractivity contribution is -0.121. The molecule has 2 amide bonds. The zero-order valence-electron chi connectivity index (χ0n) is 16.1. The van der Waals surface area contributed by atoms with Gasteiger partial charge in [-0.3, -0.25) is 9.59 Å². The lowest BCUT2D eigenvalue weighted by Gasteiger charge is -2.22. The SMILES string of the molecule is CCOc1ccccc1C(=O)NCCCC(=O)NCCC1CCCNC1.Cl. The number of carbonyl (C=O) groups is 2. The maximum atomic E-state index is 12.2. The Bertz CT molecular complexity index is 577. The fourth-order valence-corrected chi connectivity index (χ4v) is 3.16. The quantitative estimate of drug-likeness (QED) is 0.530. The zero-order valence-corrected chi connectivity index (χ0v) is 16.9. The molecule has 0 bridgehead atoms. The summed E-state index contributed by atoms with van der Waals surface area (Å²) in [6.45, 7) is 5.78. The molecule has 1 aliphatic rings. The van der Waals surface area contributed by atoms with Gasteiger partial charge in [0.1, 0.15) is 5.75 Å². The third-order valence-electron chi connectivity index (χ3n) is 4.57. The second kappa shape index (κ2) is 13.4. The Hall–Kier alpha value is -1.79. The van der Waals surface area contributed by atoms with Crippen LogP contribution in [0.15, 0.2) is 24.3 Å². The molecule has 1 aliphatic heterocycles. The van der Waals surface area contributed by atoms with E-state index in [0.29, 0.717) is 43.2 Å². The summed E-state index contributed by atoms with van der Waals surface area (Å²) in [6, 6.07) is 7.18. The average Bonchev–Trinajstić information content (AvgIpc) is 2.66. The molecule has 7 heteroatoms. The fraction of sp³-hybridized carbons (Fsp3) is 0.600. The maximum Gasteiger partial charge on any atom is 0.255 e. The Morgan fingerprint density at radius 1 is 1.22 bits per heavy atom. The Kier molecular flexibility index (Phi) is 11.5. The number of piperidine rings is 1. The number of ether oxygens (including phenoxy) is 1. The van der Waals surface area contributed by atoms with Crippen LogP contribution in [0.5, 0.6) is 5.75 Å². The molecule has 1 fully saturated rings. The highest BCUT2D eigenvalue weighted by atomic mass is 35.5. The highest BCUT2D eigenvalue weighted by Gasteiger charge is 2.13. The summed E-state index contributed by atoms with van der Waals surface area (Å²) in [5.41, 5.74) is 0.528. The van der Waals surface area contributed by atoms with Crippen LogP contribution in [-0.2, 0) is 4.79 Å². The van der Waals surface area contributed by atoms with Crippen LogP contribution in [0.3, 0.4) is 0 Å². The summed E-state index contributed by atoms with van der Waals surface area (Å²) < 4.78 is 5.47. The Labute approximate surface area is 168 Å². The van der Waals surface area contributed by atoms with Crippen LogP contribution in [-0.4, -0.2) is 44.6 Å².